The van der Waals surface area contributed by atoms with Gasteiger partial charge in [-0.1, -0.05) is 0 Å². The van der Waals surface area contributed by atoms with E-state index in [1.807, 2.05) is 52.1 Å². The number of fused-ring (bicyclic) bond motifs is 2. The van der Waals surface area contributed by atoms with E-state index in [0.717, 1.165) is 33.9 Å². The van der Waals surface area contributed by atoms with Gasteiger partial charge in [0.1, 0.15) is 11.1 Å². The molecule has 3 aromatic heterocycles. The van der Waals surface area contributed by atoms with Crippen LogP contribution in [0.15, 0.2) is 30.5 Å². The second-order valence-corrected chi connectivity index (χ2v) is 10.6. The highest BCUT2D eigenvalue weighted by Crippen LogP contribution is 2.36. The maximum atomic E-state index is 15.0. The number of halogens is 1. The largest absolute Gasteiger partial charge is 0.444 e. The van der Waals surface area contributed by atoms with Crippen molar-refractivity contribution >= 4 is 33.3 Å². The van der Waals surface area contributed by atoms with Crippen LogP contribution in [0.25, 0.3) is 27.1 Å². The molecule has 0 aliphatic carbocycles. The monoisotopic (exact) mass is 467 g/mol. The lowest BCUT2D eigenvalue weighted by molar-refractivity contribution is 0.0205. The number of benzene rings is 1. The van der Waals surface area contributed by atoms with E-state index in [4.69, 9.17) is 4.74 Å². The predicted octanol–water partition coefficient (Wildman–Crippen LogP) is 5.57. The van der Waals surface area contributed by atoms with Gasteiger partial charge in [0.2, 0.25) is 0 Å². The lowest BCUT2D eigenvalue weighted by atomic mass is 9.98. The van der Waals surface area contributed by atoms with E-state index in [1.54, 1.807) is 9.42 Å². The molecule has 0 N–H and O–H groups in total. The molecule has 4 heterocycles. The smallest absolute Gasteiger partial charge is 0.410 e. The van der Waals surface area contributed by atoms with Crippen LogP contribution < -0.4 is 0 Å². The molecule has 172 valence electrons. The fourth-order valence-electron chi connectivity index (χ4n) is 4.12. The Morgan fingerprint density at radius 3 is 2.67 bits per heavy atom. The zero-order valence-corrected chi connectivity index (χ0v) is 19.9. The first-order valence-corrected chi connectivity index (χ1v) is 11.9. The van der Waals surface area contributed by atoms with Gasteiger partial charge in [-0.3, -0.25) is 0 Å². The number of aryl methyl sites for hydroxylation is 1. The molecule has 5 rings (SSSR count). The summed E-state index contributed by atoms with van der Waals surface area (Å²) in [5.41, 5.74) is 2.92. The molecular weight excluding hydrogens is 441 g/mol. The van der Waals surface area contributed by atoms with Crippen LogP contribution in [0.5, 0.6) is 0 Å². The molecule has 1 aromatic carbocycles. The molecule has 0 radical (unpaired) electrons. The number of likely N-dealkylation sites (tertiary alicyclic amines) is 1. The van der Waals surface area contributed by atoms with E-state index < -0.39 is 5.60 Å². The fourth-order valence-corrected chi connectivity index (χ4v) is 5.31. The average molecular weight is 468 g/mol. The van der Waals surface area contributed by atoms with Gasteiger partial charge in [0.25, 0.3) is 0 Å². The van der Waals surface area contributed by atoms with Crippen molar-refractivity contribution < 1.29 is 13.9 Å². The van der Waals surface area contributed by atoms with E-state index in [-0.39, 0.29) is 17.8 Å². The zero-order valence-electron chi connectivity index (χ0n) is 19.1. The maximum absolute atomic E-state index is 15.0. The number of thiazole rings is 1. The molecule has 7 nitrogen and oxygen atoms in total. The van der Waals surface area contributed by atoms with Gasteiger partial charge in [0.05, 0.1) is 27.3 Å². The molecule has 1 saturated heterocycles. The van der Waals surface area contributed by atoms with E-state index in [1.165, 1.54) is 17.4 Å². The number of amides is 1. The van der Waals surface area contributed by atoms with Crippen LogP contribution >= 0.6 is 11.3 Å². The van der Waals surface area contributed by atoms with Crippen molar-refractivity contribution in [2.45, 2.75) is 52.1 Å². The highest BCUT2D eigenvalue weighted by Gasteiger charge is 2.29. The Bertz CT molecular complexity index is 1350. The Morgan fingerprint density at radius 1 is 1.18 bits per heavy atom. The lowest BCUT2D eigenvalue weighted by Gasteiger charge is -2.32. The molecular formula is C24H26FN5O2S. The van der Waals surface area contributed by atoms with Crippen LogP contribution in [0, 0.1) is 12.7 Å². The summed E-state index contributed by atoms with van der Waals surface area (Å²) in [7, 11) is 0. The van der Waals surface area contributed by atoms with Crippen molar-refractivity contribution in [2.24, 2.45) is 0 Å². The van der Waals surface area contributed by atoms with Crippen molar-refractivity contribution in [3.05, 3.63) is 47.0 Å². The van der Waals surface area contributed by atoms with Crippen molar-refractivity contribution in [3.8, 4) is 11.3 Å². The van der Waals surface area contributed by atoms with Gasteiger partial charge in [0, 0.05) is 24.6 Å². The number of nitrogens with zero attached hydrogens (tertiary/aromatic N) is 5. The van der Waals surface area contributed by atoms with Gasteiger partial charge in [-0.15, -0.1) is 11.3 Å². The van der Waals surface area contributed by atoms with Crippen molar-refractivity contribution in [1.82, 2.24) is 24.5 Å². The second-order valence-electron chi connectivity index (χ2n) is 9.50. The van der Waals surface area contributed by atoms with E-state index in [2.05, 4.69) is 15.1 Å². The minimum Gasteiger partial charge on any atom is -0.444 e. The van der Waals surface area contributed by atoms with E-state index in [9.17, 15) is 9.18 Å². The van der Waals surface area contributed by atoms with Crippen LogP contribution in [0.2, 0.25) is 0 Å². The molecule has 9 heteroatoms. The van der Waals surface area contributed by atoms with Gasteiger partial charge < -0.3 is 9.64 Å². The third kappa shape index (κ3) is 4.42. The van der Waals surface area contributed by atoms with Crippen LogP contribution in [0.3, 0.4) is 0 Å². The van der Waals surface area contributed by atoms with Crippen LogP contribution in [0.1, 0.15) is 50.2 Å². The van der Waals surface area contributed by atoms with Crippen molar-refractivity contribution in [2.75, 3.05) is 13.1 Å². The minimum atomic E-state index is -0.508. The molecule has 1 aliphatic heterocycles. The Labute approximate surface area is 195 Å². The van der Waals surface area contributed by atoms with Crippen LogP contribution in [-0.2, 0) is 4.74 Å². The molecule has 4 aromatic rings. The summed E-state index contributed by atoms with van der Waals surface area (Å²) in [4.78, 5) is 23.1. The lowest BCUT2D eigenvalue weighted by Crippen LogP contribution is -2.41. The zero-order chi connectivity index (χ0) is 23.3. The van der Waals surface area contributed by atoms with Crippen LogP contribution in [0.4, 0.5) is 9.18 Å². The van der Waals surface area contributed by atoms with Gasteiger partial charge in [-0.2, -0.15) is 5.10 Å². The summed E-state index contributed by atoms with van der Waals surface area (Å²) in [6.45, 7) is 8.73. The number of ether oxygens (including phenoxy) is 1. The summed E-state index contributed by atoms with van der Waals surface area (Å²) in [5.74, 6) is -0.146. The highest BCUT2D eigenvalue weighted by atomic mass is 32.1. The number of hydrogen-bond acceptors (Lipinski definition) is 6. The number of carbonyl (C=O) groups excluding carboxylic acids is 1. The number of rotatable bonds is 2. The summed E-state index contributed by atoms with van der Waals surface area (Å²) in [6.07, 6.45) is 3.14. The number of piperidine rings is 1. The first kappa shape index (κ1) is 21.8. The van der Waals surface area contributed by atoms with E-state index >= 15 is 0 Å². The summed E-state index contributed by atoms with van der Waals surface area (Å²) in [5, 5.41) is 5.50. The summed E-state index contributed by atoms with van der Waals surface area (Å²) < 4.78 is 23.0. The molecule has 1 amide bonds. The van der Waals surface area contributed by atoms with Crippen molar-refractivity contribution in [1.29, 1.82) is 0 Å². The SMILES string of the molecule is Cc1cn2nc(-c3cc(F)c4nc(C5CCN(C(=O)OC(C)(C)C)CC5)sc4c3)ccc2n1. The molecule has 33 heavy (non-hydrogen) atoms. The Balaban J connectivity index is 1.37. The predicted molar refractivity (Wildman–Crippen MR) is 126 cm³/mol. The Hall–Kier alpha value is -3.07. The maximum Gasteiger partial charge on any atom is 0.410 e. The first-order valence-electron chi connectivity index (χ1n) is 11.1. The van der Waals surface area contributed by atoms with Gasteiger partial charge in [0.15, 0.2) is 11.5 Å². The highest BCUT2D eigenvalue weighted by molar-refractivity contribution is 7.18. The molecule has 0 bridgehead atoms. The molecule has 0 atom stereocenters. The molecule has 0 spiro atoms. The summed E-state index contributed by atoms with van der Waals surface area (Å²) in [6, 6.07) is 7.19. The number of hydrogen-bond donors (Lipinski definition) is 0. The normalized spacial score (nSPS) is 15.5. The minimum absolute atomic E-state index is 0.201. The Morgan fingerprint density at radius 2 is 1.94 bits per heavy atom. The molecule has 0 unspecified atom stereocenters. The first-order chi connectivity index (χ1) is 15.7. The van der Waals surface area contributed by atoms with E-state index in [0.29, 0.717) is 29.9 Å². The van der Waals surface area contributed by atoms with Gasteiger partial charge >= 0.3 is 6.09 Å². The molecule has 1 aliphatic rings. The van der Waals surface area contributed by atoms with Gasteiger partial charge in [-0.25, -0.2) is 23.7 Å². The molecule has 0 saturated carbocycles. The van der Waals surface area contributed by atoms with Gasteiger partial charge in [-0.05, 0) is 64.8 Å². The Kier molecular flexibility index (Phi) is 5.31. The summed E-state index contributed by atoms with van der Waals surface area (Å²) >= 11 is 1.52. The van der Waals surface area contributed by atoms with Crippen LogP contribution in [-0.4, -0.2) is 49.3 Å². The van der Waals surface area contributed by atoms with Crippen molar-refractivity contribution in [3.63, 3.8) is 0 Å². The standard InChI is InChI=1S/C24H26FN5O2S/c1-14-13-30-20(26-14)6-5-18(28-30)16-11-17(25)21-19(12-16)33-22(27-21)15-7-9-29(10-8-15)23(31)32-24(2,3)4/h5-6,11-13,15H,7-10H2,1-4H3. The second kappa shape index (κ2) is 8.06. The molecule has 1 fully saturated rings. The third-order valence-electron chi connectivity index (χ3n) is 5.70. The third-order valence-corrected chi connectivity index (χ3v) is 6.86. The average Bonchev–Trinajstić information content (AvgIpc) is 3.35. The quantitative estimate of drug-likeness (QED) is 0.385. The number of carbonyl (C=O) groups is 1. The number of aromatic nitrogens is 4. The fraction of sp³-hybridized carbons (Fsp3) is 0.417. The topological polar surface area (TPSA) is 72.6 Å². The number of imidazole rings is 1.